The van der Waals surface area contributed by atoms with Gasteiger partial charge in [0, 0.05) is 25.7 Å². The van der Waals surface area contributed by atoms with Crippen molar-refractivity contribution in [1.82, 2.24) is 10.6 Å². The highest BCUT2D eigenvalue weighted by Crippen LogP contribution is 2.40. The van der Waals surface area contributed by atoms with Gasteiger partial charge in [-0.15, -0.1) is 0 Å². The fourth-order valence-electron chi connectivity index (χ4n) is 5.75. The zero-order valence-electron chi connectivity index (χ0n) is 15.1. The third-order valence-corrected chi connectivity index (χ3v) is 7.00. The predicted octanol–water partition coefficient (Wildman–Crippen LogP) is 1.42. The van der Waals surface area contributed by atoms with E-state index in [2.05, 4.69) is 15.2 Å². The fourth-order valence-corrected chi connectivity index (χ4v) is 5.75. The predicted molar refractivity (Wildman–Crippen MR) is 93.3 cm³/mol. The van der Waals surface area contributed by atoms with E-state index in [-0.39, 0.29) is 23.6 Å². The highest BCUT2D eigenvalue weighted by atomic mass is 16.5. The molecule has 0 amide bonds. The Morgan fingerprint density at radius 3 is 2.36 bits per heavy atom. The molecule has 0 radical (unpaired) electrons. The highest BCUT2D eigenvalue weighted by Gasteiger charge is 2.57. The number of guanidine groups is 1. The number of nitrogens with zero attached hydrogens (tertiary/aromatic N) is 1. The molecule has 5 rings (SSSR count). The standard InChI is InChI=1S/C19H31N3O3/c23-16-7-6-14-12-18(8-2-1-4-10-24-18)20-17-21-19(9-3-5-11-25-19)13-15(16)22(14)17/h14-16,23H,1-13H2,(H,20,21)/p+1/t14-,15-,16-,18-,19+/m0/s1. The molecule has 140 valence electrons. The lowest BCUT2D eigenvalue weighted by Gasteiger charge is -2.51. The molecule has 3 saturated heterocycles. The Labute approximate surface area is 150 Å². The second-order valence-electron chi connectivity index (χ2n) is 8.73. The smallest absolute Gasteiger partial charge is 0.351 e. The Bertz CT molecular complexity index is 550. The van der Waals surface area contributed by atoms with E-state index in [4.69, 9.17) is 9.47 Å². The normalized spacial score (nSPS) is 47.0. The molecule has 3 N–H and O–H groups in total. The number of nitrogens with one attached hydrogen (secondary N) is 2. The number of rotatable bonds is 0. The third-order valence-electron chi connectivity index (χ3n) is 7.00. The zero-order valence-corrected chi connectivity index (χ0v) is 15.1. The SMILES string of the molecule is O[C@H]1CC[C@H]2C[C@@]3(CCCCCO3)NC3=[N+]2[C@H]1C[C@]1(CCCCO1)N3. The average molecular weight is 350 g/mol. The Morgan fingerprint density at radius 1 is 0.880 bits per heavy atom. The van der Waals surface area contributed by atoms with E-state index < -0.39 is 0 Å². The van der Waals surface area contributed by atoms with Gasteiger partial charge in [0.25, 0.3) is 0 Å². The minimum atomic E-state index is -0.312. The summed E-state index contributed by atoms with van der Waals surface area (Å²) in [4.78, 5) is 0. The van der Waals surface area contributed by atoms with Crippen molar-refractivity contribution < 1.29 is 19.2 Å². The Hall–Kier alpha value is -0.850. The lowest BCUT2D eigenvalue weighted by Crippen LogP contribution is -2.75. The van der Waals surface area contributed by atoms with Gasteiger partial charge in [-0.05, 0) is 38.5 Å². The molecule has 5 atom stereocenters. The molecule has 0 aromatic rings. The number of ether oxygens (including phenoxy) is 2. The number of hydrogen-bond donors (Lipinski definition) is 3. The summed E-state index contributed by atoms with van der Waals surface area (Å²) in [6.07, 6.45) is 11.6. The quantitative estimate of drug-likeness (QED) is 0.577. The molecule has 5 aliphatic heterocycles. The summed E-state index contributed by atoms with van der Waals surface area (Å²) in [5, 5.41) is 18.2. The molecule has 5 aliphatic rings. The number of aliphatic hydroxyl groups is 1. The van der Waals surface area contributed by atoms with Gasteiger partial charge < -0.3 is 14.6 Å². The Kier molecular flexibility index (Phi) is 3.99. The first-order valence-electron chi connectivity index (χ1n) is 10.4. The maximum atomic E-state index is 10.7. The van der Waals surface area contributed by atoms with E-state index in [0.29, 0.717) is 6.04 Å². The molecule has 0 unspecified atom stereocenters. The van der Waals surface area contributed by atoms with Crippen molar-refractivity contribution in [1.29, 1.82) is 0 Å². The molecule has 0 aromatic carbocycles. The maximum Gasteiger partial charge on any atom is 0.351 e. The van der Waals surface area contributed by atoms with Gasteiger partial charge in [-0.3, -0.25) is 4.58 Å². The van der Waals surface area contributed by atoms with Crippen molar-refractivity contribution in [2.24, 2.45) is 0 Å². The second-order valence-corrected chi connectivity index (χ2v) is 8.73. The fraction of sp³-hybridized carbons (Fsp3) is 0.947. The molecule has 0 aromatic heterocycles. The highest BCUT2D eigenvalue weighted by molar-refractivity contribution is 5.77. The van der Waals surface area contributed by atoms with Gasteiger partial charge in [-0.25, -0.2) is 10.6 Å². The van der Waals surface area contributed by atoms with Gasteiger partial charge in [0.2, 0.25) is 0 Å². The van der Waals surface area contributed by atoms with Crippen molar-refractivity contribution in [2.75, 3.05) is 13.2 Å². The van der Waals surface area contributed by atoms with Gasteiger partial charge in [0.05, 0.1) is 25.4 Å². The molecule has 0 aliphatic carbocycles. The molecule has 0 saturated carbocycles. The number of aliphatic hydroxyl groups excluding tert-OH is 1. The van der Waals surface area contributed by atoms with Gasteiger partial charge in [-0.1, -0.05) is 6.42 Å². The van der Waals surface area contributed by atoms with E-state index >= 15 is 0 Å². The summed E-state index contributed by atoms with van der Waals surface area (Å²) in [7, 11) is 0. The van der Waals surface area contributed by atoms with Crippen LogP contribution in [-0.2, 0) is 9.47 Å². The molecule has 5 heterocycles. The molecule has 6 heteroatoms. The van der Waals surface area contributed by atoms with Gasteiger partial charge >= 0.3 is 5.96 Å². The van der Waals surface area contributed by atoms with E-state index in [1.165, 1.54) is 19.3 Å². The van der Waals surface area contributed by atoms with Crippen LogP contribution in [0.15, 0.2) is 0 Å². The van der Waals surface area contributed by atoms with Crippen molar-refractivity contribution in [3.05, 3.63) is 0 Å². The molecule has 3 fully saturated rings. The van der Waals surface area contributed by atoms with Crippen molar-refractivity contribution in [3.8, 4) is 0 Å². The third kappa shape index (κ3) is 2.77. The van der Waals surface area contributed by atoms with Crippen LogP contribution >= 0.6 is 0 Å². The Morgan fingerprint density at radius 2 is 1.56 bits per heavy atom. The van der Waals surface area contributed by atoms with Crippen molar-refractivity contribution in [3.63, 3.8) is 0 Å². The van der Waals surface area contributed by atoms with Crippen LogP contribution in [0.5, 0.6) is 0 Å². The summed E-state index contributed by atoms with van der Waals surface area (Å²) >= 11 is 0. The van der Waals surface area contributed by atoms with Crippen LogP contribution in [0.2, 0.25) is 0 Å². The summed E-state index contributed by atoms with van der Waals surface area (Å²) in [6.45, 7) is 1.66. The minimum Gasteiger partial charge on any atom is -0.390 e. The summed E-state index contributed by atoms with van der Waals surface area (Å²) in [6, 6.07) is 0.611. The van der Waals surface area contributed by atoms with Crippen LogP contribution in [0.25, 0.3) is 0 Å². The van der Waals surface area contributed by atoms with Crippen LogP contribution in [0.4, 0.5) is 0 Å². The van der Waals surface area contributed by atoms with Crippen LogP contribution in [0, 0.1) is 0 Å². The maximum absolute atomic E-state index is 10.7. The van der Waals surface area contributed by atoms with Crippen LogP contribution < -0.4 is 10.6 Å². The number of piperidine rings is 1. The van der Waals surface area contributed by atoms with Gasteiger partial charge in [-0.2, -0.15) is 0 Å². The summed E-state index contributed by atoms with van der Waals surface area (Å²) < 4.78 is 15.0. The van der Waals surface area contributed by atoms with Gasteiger partial charge in [0.1, 0.15) is 6.04 Å². The first kappa shape index (κ1) is 16.3. The average Bonchev–Trinajstić information content (AvgIpc) is 2.83. The topological polar surface area (TPSA) is 65.8 Å². The first-order valence-corrected chi connectivity index (χ1v) is 10.4. The molecule has 25 heavy (non-hydrogen) atoms. The lowest BCUT2D eigenvalue weighted by atomic mass is 9.81. The van der Waals surface area contributed by atoms with E-state index in [9.17, 15) is 5.11 Å². The molecule has 0 bridgehead atoms. The van der Waals surface area contributed by atoms with Gasteiger partial charge in [0.15, 0.2) is 11.4 Å². The van der Waals surface area contributed by atoms with Crippen molar-refractivity contribution in [2.45, 2.75) is 100 Å². The minimum absolute atomic E-state index is 0.156. The molecular formula is C19H32N3O3+. The van der Waals surface area contributed by atoms with E-state index in [1.54, 1.807) is 0 Å². The van der Waals surface area contributed by atoms with E-state index in [0.717, 1.165) is 70.5 Å². The zero-order chi connectivity index (χ0) is 16.9. The summed E-state index contributed by atoms with van der Waals surface area (Å²) in [5.74, 6) is 1.05. The van der Waals surface area contributed by atoms with Crippen LogP contribution in [-0.4, -0.2) is 58.5 Å². The van der Waals surface area contributed by atoms with Crippen LogP contribution in [0.1, 0.15) is 70.6 Å². The lowest BCUT2D eigenvalue weighted by molar-refractivity contribution is -0.643. The van der Waals surface area contributed by atoms with Crippen molar-refractivity contribution >= 4 is 5.96 Å². The molecule has 2 spiro atoms. The first-order chi connectivity index (χ1) is 12.2. The molecule has 6 nitrogen and oxygen atoms in total. The number of hydrogen-bond acceptors (Lipinski definition) is 5. The Balaban J connectivity index is 1.50. The largest absolute Gasteiger partial charge is 0.390 e. The summed E-state index contributed by atoms with van der Waals surface area (Å²) in [5.41, 5.74) is -0.548. The van der Waals surface area contributed by atoms with E-state index in [1.807, 2.05) is 0 Å². The van der Waals surface area contributed by atoms with Crippen LogP contribution in [0.3, 0.4) is 0 Å². The second kappa shape index (κ2) is 6.10. The monoisotopic (exact) mass is 350 g/mol. The molecular weight excluding hydrogens is 318 g/mol.